The molecule has 6 heteroatoms. The lowest BCUT2D eigenvalue weighted by Crippen LogP contribution is -2.33. The minimum atomic E-state index is -0.174. The van der Waals surface area contributed by atoms with Crippen molar-refractivity contribution in [3.63, 3.8) is 0 Å². The number of nitrogens with two attached hydrogens (primary N) is 1. The number of rotatable bonds is 8. The first-order valence-corrected chi connectivity index (χ1v) is 7.11. The van der Waals surface area contributed by atoms with E-state index in [1.807, 2.05) is 30.3 Å². The Labute approximate surface area is 143 Å². The number of aliphatic imine (C=N–C) groups is 1. The normalized spacial score (nSPS) is 10.6. The van der Waals surface area contributed by atoms with Crippen molar-refractivity contribution < 1.29 is 4.79 Å². The van der Waals surface area contributed by atoms with Gasteiger partial charge in [-0.15, -0.1) is 24.0 Å². The summed E-state index contributed by atoms with van der Waals surface area (Å²) in [5, 5.41) is 5.76. The monoisotopic (exact) mass is 404 g/mol. The van der Waals surface area contributed by atoms with Gasteiger partial charge in [0.1, 0.15) is 6.54 Å². The number of benzene rings is 1. The van der Waals surface area contributed by atoms with Crippen molar-refractivity contribution in [1.82, 2.24) is 5.32 Å². The number of guanidine groups is 1. The van der Waals surface area contributed by atoms with Crippen LogP contribution in [0.15, 0.2) is 35.3 Å². The second-order valence-electron chi connectivity index (χ2n) is 4.60. The molecule has 0 unspecified atom stereocenters. The summed E-state index contributed by atoms with van der Waals surface area (Å²) in [6.07, 6.45) is 4.70. The smallest absolute Gasteiger partial charge is 0.246 e. The molecule has 0 spiro atoms. The zero-order valence-corrected chi connectivity index (χ0v) is 14.8. The van der Waals surface area contributed by atoms with Gasteiger partial charge in [-0.1, -0.05) is 44.4 Å². The van der Waals surface area contributed by atoms with E-state index in [4.69, 9.17) is 5.73 Å². The first-order chi connectivity index (χ1) is 9.72. The van der Waals surface area contributed by atoms with Crippen molar-refractivity contribution >= 4 is 41.5 Å². The minimum absolute atomic E-state index is 0. The molecule has 0 aliphatic heterocycles. The van der Waals surface area contributed by atoms with Crippen molar-refractivity contribution in [2.45, 2.75) is 32.6 Å². The van der Waals surface area contributed by atoms with Gasteiger partial charge >= 0.3 is 0 Å². The maximum absolute atomic E-state index is 11.6. The molecule has 0 saturated heterocycles. The van der Waals surface area contributed by atoms with Crippen molar-refractivity contribution in [3.05, 3.63) is 30.3 Å². The molecule has 0 aliphatic carbocycles. The van der Waals surface area contributed by atoms with Gasteiger partial charge in [-0.25, -0.2) is 4.99 Å². The Morgan fingerprint density at radius 3 is 2.57 bits per heavy atom. The van der Waals surface area contributed by atoms with E-state index in [9.17, 15) is 4.79 Å². The Balaban J connectivity index is 0.00000400. The van der Waals surface area contributed by atoms with Crippen LogP contribution in [0.25, 0.3) is 0 Å². The maximum Gasteiger partial charge on any atom is 0.246 e. The van der Waals surface area contributed by atoms with Crippen molar-refractivity contribution in [2.75, 3.05) is 18.4 Å². The first kappa shape index (κ1) is 19.7. The maximum atomic E-state index is 11.6. The third-order valence-corrected chi connectivity index (χ3v) is 2.79. The van der Waals surface area contributed by atoms with Crippen molar-refractivity contribution in [3.8, 4) is 0 Å². The average Bonchev–Trinajstić information content (AvgIpc) is 2.46. The van der Waals surface area contributed by atoms with Gasteiger partial charge in [0, 0.05) is 12.2 Å². The molecule has 118 valence electrons. The highest BCUT2D eigenvalue weighted by Gasteiger charge is 2.00. The van der Waals surface area contributed by atoms with Crippen LogP contribution < -0.4 is 16.4 Å². The summed E-state index contributed by atoms with van der Waals surface area (Å²) in [5.74, 6) is 0.150. The number of unbranched alkanes of at least 4 members (excludes halogenated alkanes) is 3. The Hall–Kier alpha value is -1.31. The summed E-state index contributed by atoms with van der Waals surface area (Å²) in [4.78, 5) is 15.6. The number of carbonyl (C=O) groups is 1. The van der Waals surface area contributed by atoms with Crippen LogP contribution in [0.4, 0.5) is 5.69 Å². The van der Waals surface area contributed by atoms with Gasteiger partial charge in [0.2, 0.25) is 5.91 Å². The molecule has 0 saturated carbocycles. The van der Waals surface area contributed by atoms with E-state index in [-0.39, 0.29) is 36.4 Å². The van der Waals surface area contributed by atoms with Crippen LogP contribution in [0.2, 0.25) is 0 Å². The van der Waals surface area contributed by atoms with Gasteiger partial charge in [-0.3, -0.25) is 4.79 Å². The Morgan fingerprint density at radius 2 is 1.90 bits per heavy atom. The summed E-state index contributed by atoms with van der Waals surface area (Å²) in [7, 11) is 0. The molecule has 21 heavy (non-hydrogen) atoms. The second-order valence-corrected chi connectivity index (χ2v) is 4.60. The molecule has 0 heterocycles. The topological polar surface area (TPSA) is 79.5 Å². The number of amides is 1. The fourth-order valence-corrected chi connectivity index (χ4v) is 1.70. The summed E-state index contributed by atoms with van der Waals surface area (Å²) >= 11 is 0. The molecule has 4 N–H and O–H groups in total. The summed E-state index contributed by atoms with van der Waals surface area (Å²) in [6, 6.07) is 9.29. The van der Waals surface area contributed by atoms with Gasteiger partial charge in [-0.2, -0.15) is 0 Å². The highest BCUT2D eigenvalue weighted by Crippen LogP contribution is 2.04. The second kappa shape index (κ2) is 12.4. The van der Waals surface area contributed by atoms with E-state index in [1.54, 1.807) is 0 Å². The van der Waals surface area contributed by atoms with Crippen molar-refractivity contribution in [1.29, 1.82) is 0 Å². The van der Waals surface area contributed by atoms with Gasteiger partial charge in [0.05, 0.1) is 0 Å². The van der Waals surface area contributed by atoms with Crippen LogP contribution >= 0.6 is 24.0 Å². The summed E-state index contributed by atoms with van der Waals surface area (Å²) < 4.78 is 0. The highest BCUT2D eigenvalue weighted by molar-refractivity contribution is 14.0. The molecule has 1 rings (SSSR count). The van der Waals surface area contributed by atoms with Gasteiger partial charge < -0.3 is 16.4 Å². The predicted molar refractivity (Wildman–Crippen MR) is 99.1 cm³/mol. The number of halogens is 1. The number of hydrogen-bond acceptors (Lipinski definition) is 2. The van der Waals surface area contributed by atoms with Crippen LogP contribution in [-0.2, 0) is 4.79 Å². The van der Waals surface area contributed by atoms with Crippen LogP contribution in [-0.4, -0.2) is 25.0 Å². The molecule has 0 aliphatic rings. The van der Waals surface area contributed by atoms with E-state index >= 15 is 0 Å². The molecular weight excluding hydrogens is 379 g/mol. The van der Waals surface area contributed by atoms with E-state index < -0.39 is 0 Å². The van der Waals surface area contributed by atoms with Gasteiger partial charge in [0.25, 0.3) is 0 Å². The first-order valence-electron chi connectivity index (χ1n) is 7.11. The molecule has 5 nitrogen and oxygen atoms in total. The third-order valence-electron chi connectivity index (χ3n) is 2.79. The fourth-order valence-electron chi connectivity index (χ4n) is 1.70. The third kappa shape index (κ3) is 10.1. The molecule has 1 aromatic carbocycles. The van der Waals surface area contributed by atoms with Gasteiger partial charge in [-0.05, 0) is 18.6 Å². The lowest BCUT2D eigenvalue weighted by Gasteiger charge is -2.06. The average molecular weight is 404 g/mol. The molecular formula is C15H25IN4O. The number of hydrogen-bond donors (Lipinski definition) is 3. The molecule has 0 atom stereocenters. The summed E-state index contributed by atoms with van der Waals surface area (Å²) in [5.41, 5.74) is 6.45. The molecule has 1 aromatic rings. The van der Waals surface area contributed by atoms with E-state index in [1.165, 1.54) is 19.3 Å². The highest BCUT2D eigenvalue weighted by atomic mass is 127. The number of nitrogens with zero attached hydrogens (tertiary/aromatic N) is 1. The quantitative estimate of drug-likeness (QED) is 0.270. The van der Waals surface area contributed by atoms with E-state index in [0.29, 0.717) is 5.96 Å². The van der Waals surface area contributed by atoms with Crippen LogP contribution in [0.5, 0.6) is 0 Å². The molecule has 0 bridgehead atoms. The van der Waals surface area contributed by atoms with E-state index in [2.05, 4.69) is 22.5 Å². The van der Waals surface area contributed by atoms with Gasteiger partial charge in [0.15, 0.2) is 5.96 Å². The lowest BCUT2D eigenvalue weighted by molar-refractivity contribution is -0.114. The fraction of sp³-hybridized carbons (Fsp3) is 0.467. The standard InChI is InChI=1S/C15H24N4O.HI/c1-2-3-4-8-11-17-15(16)18-12-14(20)19-13-9-6-5-7-10-13;/h5-7,9-10H,2-4,8,11-12H2,1H3,(H,19,20)(H3,16,17,18);1H. The Kier molecular flexibility index (Phi) is 11.7. The number of anilines is 1. The molecule has 0 radical (unpaired) electrons. The molecule has 1 amide bonds. The SMILES string of the molecule is CCCCCCNC(N)=NCC(=O)Nc1ccccc1.I. The van der Waals surface area contributed by atoms with Crippen LogP contribution in [0.1, 0.15) is 32.6 Å². The van der Waals surface area contributed by atoms with Crippen LogP contribution in [0, 0.1) is 0 Å². The largest absolute Gasteiger partial charge is 0.370 e. The minimum Gasteiger partial charge on any atom is -0.370 e. The Bertz CT molecular complexity index is 423. The zero-order chi connectivity index (χ0) is 14.6. The number of para-hydroxylation sites is 1. The Morgan fingerprint density at radius 1 is 1.19 bits per heavy atom. The molecule has 0 fully saturated rings. The van der Waals surface area contributed by atoms with Crippen molar-refractivity contribution in [2.24, 2.45) is 10.7 Å². The lowest BCUT2D eigenvalue weighted by atomic mass is 10.2. The molecule has 0 aromatic heterocycles. The summed E-state index contributed by atoms with van der Waals surface area (Å²) in [6.45, 7) is 3.01. The predicted octanol–water partition coefficient (Wildman–Crippen LogP) is 2.73. The van der Waals surface area contributed by atoms with Crippen LogP contribution in [0.3, 0.4) is 0 Å². The zero-order valence-electron chi connectivity index (χ0n) is 12.5. The number of carbonyl (C=O) groups excluding carboxylic acids is 1. The number of nitrogens with one attached hydrogen (secondary N) is 2. The van der Waals surface area contributed by atoms with E-state index in [0.717, 1.165) is 18.7 Å².